The first-order chi connectivity index (χ1) is 7.64. The molecule has 0 amide bonds. The number of ether oxygens (including phenoxy) is 1. The van der Waals surface area contributed by atoms with Gasteiger partial charge in [-0.25, -0.2) is 0 Å². The fourth-order valence-electron chi connectivity index (χ4n) is 2.21. The molecule has 3 N–H and O–H groups in total. The lowest BCUT2D eigenvalue weighted by atomic mass is 10.0. The normalized spacial score (nSPS) is 22.7. The minimum atomic E-state index is -0.715. The molecule has 0 heterocycles. The van der Waals surface area contributed by atoms with Gasteiger partial charge in [0.05, 0.1) is 11.7 Å². The van der Waals surface area contributed by atoms with Crippen molar-refractivity contribution in [3.8, 4) is 0 Å². The van der Waals surface area contributed by atoms with E-state index in [0.29, 0.717) is 12.6 Å². The van der Waals surface area contributed by atoms with E-state index in [4.69, 9.17) is 10.5 Å². The zero-order valence-corrected chi connectivity index (χ0v) is 10.6. The van der Waals surface area contributed by atoms with Crippen LogP contribution in [0.1, 0.15) is 58.3 Å². The highest BCUT2D eigenvalue weighted by Gasteiger charge is 2.18. The molecule has 0 radical (unpaired) electrons. The molecule has 0 aliphatic heterocycles. The number of hydrogen-bond donors (Lipinski definition) is 2. The maximum absolute atomic E-state index is 9.72. The third kappa shape index (κ3) is 5.83. The second-order valence-corrected chi connectivity index (χ2v) is 5.29. The Bertz CT molecular complexity index is 175. The highest BCUT2D eigenvalue weighted by molar-refractivity contribution is 4.73. The van der Waals surface area contributed by atoms with Crippen molar-refractivity contribution in [2.75, 3.05) is 13.2 Å². The lowest BCUT2D eigenvalue weighted by Gasteiger charge is -2.21. The van der Waals surface area contributed by atoms with E-state index in [0.717, 1.165) is 19.4 Å². The Labute approximate surface area is 99.4 Å². The van der Waals surface area contributed by atoms with Crippen LogP contribution >= 0.6 is 0 Å². The molecule has 1 aliphatic rings. The van der Waals surface area contributed by atoms with Gasteiger partial charge in [-0.1, -0.05) is 25.7 Å². The standard InChI is InChI=1S/C13H27NO2/c1-13(15,11-14)9-6-10-16-12-7-4-2-3-5-8-12/h12,15H,2-11,14H2,1H3. The summed E-state index contributed by atoms with van der Waals surface area (Å²) < 4.78 is 5.85. The molecule has 1 fully saturated rings. The summed E-state index contributed by atoms with van der Waals surface area (Å²) in [6.07, 6.45) is 9.88. The molecule has 1 rings (SSSR count). The molecule has 3 heteroatoms. The van der Waals surface area contributed by atoms with Gasteiger partial charge in [0.25, 0.3) is 0 Å². The molecule has 0 aromatic carbocycles. The predicted octanol–water partition coefficient (Wildman–Crippen LogP) is 2.22. The highest BCUT2D eigenvalue weighted by atomic mass is 16.5. The van der Waals surface area contributed by atoms with Gasteiger partial charge in [-0.3, -0.25) is 0 Å². The van der Waals surface area contributed by atoms with Crippen LogP contribution in [0.4, 0.5) is 0 Å². The van der Waals surface area contributed by atoms with Crippen LogP contribution in [0.25, 0.3) is 0 Å². The second-order valence-electron chi connectivity index (χ2n) is 5.29. The topological polar surface area (TPSA) is 55.5 Å². The number of aliphatic hydroxyl groups is 1. The van der Waals surface area contributed by atoms with E-state index in [1.807, 2.05) is 0 Å². The Morgan fingerprint density at radius 3 is 2.44 bits per heavy atom. The van der Waals surface area contributed by atoms with Crippen molar-refractivity contribution in [1.82, 2.24) is 0 Å². The summed E-state index contributed by atoms with van der Waals surface area (Å²) in [6, 6.07) is 0. The average Bonchev–Trinajstić information content (AvgIpc) is 2.53. The first-order valence-corrected chi connectivity index (χ1v) is 6.68. The monoisotopic (exact) mass is 229 g/mol. The molecule has 1 unspecified atom stereocenters. The number of rotatable bonds is 6. The van der Waals surface area contributed by atoms with E-state index < -0.39 is 5.60 Å². The smallest absolute Gasteiger partial charge is 0.0742 e. The Morgan fingerprint density at radius 1 is 1.25 bits per heavy atom. The van der Waals surface area contributed by atoms with Crippen LogP contribution in [-0.2, 0) is 4.74 Å². The van der Waals surface area contributed by atoms with Crippen molar-refractivity contribution in [3.63, 3.8) is 0 Å². The lowest BCUT2D eigenvalue weighted by Crippen LogP contribution is -2.34. The molecule has 16 heavy (non-hydrogen) atoms. The largest absolute Gasteiger partial charge is 0.389 e. The molecule has 1 aliphatic carbocycles. The molecule has 96 valence electrons. The molecule has 0 aromatic rings. The number of hydrogen-bond acceptors (Lipinski definition) is 3. The predicted molar refractivity (Wildman–Crippen MR) is 66.4 cm³/mol. The van der Waals surface area contributed by atoms with E-state index >= 15 is 0 Å². The lowest BCUT2D eigenvalue weighted by molar-refractivity contribution is 0.0159. The van der Waals surface area contributed by atoms with Gasteiger partial charge in [0.1, 0.15) is 0 Å². The Hall–Kier alpha value is -0.120. The van der Waals surface area contributed by atoms with Crippen LogP contribution in [0.3, 0.4) is 0 Å². The van der Waals surface area contributed by atoms with E-state index in [2.05, 4.69) is 0 Å². The Balaban J connectivity index is 2.05. The fourth-order valence-corrected chi connectivity index (χ4v) is 2.21. The van der Waals surface area contributed by atoms with E-state index in [9.17, 15) is 5.11 Å². The fraction of sp³-hybridized carbons (Fsp3) is 1.00. The van der Waals surface area contributed by atoms with E-state index in [-0.39, 0.29) is 0 Å². The average molecular weight is 229 g/mol. The van der Waals surface area contributed by atoms with Gasteiger partial charge in [0, 0.05) is 13.2 Å². The zero-order chi connectivity index (χ0) is 11.9. The summed E-state index contributed by atoms with van der Waals surface area (Å²) >= 11 is 0. The molecule has 3 nitrogen and oxygen atoms in total. The Kier molecular flexibility index (Phi) is 6.32. The molecule has 1 atom stereocenters. The molecular formula is C13H27NO2. The van der Waals surface area contributed by atoms with Crippen LogP contribution < -0.4 is 5.73 Å². The van der Waals surface area contributed by atoms with Crippen molar-refractivity contribution in [2.45, 2.75) is 70.0 Å². The van der Waals surface area contributed by atoms with Crippen molar-refractivity contribution in [2.24, 2.45) is 5.73 Å². The van der Waals surface area contributed by atoms with Gasteiger partial charge in [0.15, 0.2) is 0 Å². The van der Waals surface area contributed by atoms with Crippen molar-refractivity contribution < 1.29 is 9.84 Å². The van der Waals surface area contributed by atoms with Gasteiger partial charge in [-0.2, -0.15) is 0 Å². The summed E-state index contributed by atoms with van der Waals surface area (Å²) in [5.74, 6) is 0. The van der Waals surface area contributed by atoms with Crippen LogP contribution in [0.2, 0.25) is 0 Å². The first-order valence-electron chi connectivity index (χ1n) is 6.68. The second kappa shape index (κ2) is 7.25. The number of nitrogens with two attached hydrogens (primary N) is 1. The van der Waals surface area contributed by atoms with Crippen molar-refractivity contribution >= 4 is 0 Å². The Morgan fingerprint density at radius 2 is 1.88 bits per heavy atom. The van der Waals surface area contributed by atoms with Gasteiger partial charge in [-0.05, 0) is 32.6 Å². The van der Waals surface area contributed by atoms with Gasteiger partial charge >= 0.3 is 0 Å². The van der Waals surface area contributed by atoms with E-state index in [1.165, 1.54) is 38.5 Å². The van der Waals surface area contributed by atoms with Crippen LogP contribution in [0.15, 0.2) is 0 Å². The molecule has 0 spiro atoms. The van der Waals surface area contributed by atoms with Crippen LogP contribution in [-0.4, -0.2) is 30.0 Å². The minimum absolute atomic E-state index is 0.330. The van der Waals surface area contributed by atoms with Gasteiger partial charge in [-0.15, -0.1) is 0 Å². The zero-order valence-electron chi connectivity index (χ0n) is 10.6. The third-order valence-corrected chi connectivity index (χ3v) is 3.46. The van der Waals surface area contributed by atoms with Crippen LogP contribution in [0.5, 0.6) is 0 Å². The highest BCUT2D eigenvalue weighted by Crippen LogP contribution is 2.20. The van der Waals surface area contributed by atoms with Crippen molar-refractivity contribution in [1.29, 1.82) is 0 Å². The van der Waals surface area contributed by atoms with E-state index in [1.54, 1.807) is 6.92 Å². The summed E-state index contributed by atoms with van der Waals surface area (Å²) in [6.45, 7) is 2.88. The molecule has 0 bridgehead atoms. The summed E-state index contributed by atoms with van der Waals surface area (Å²) in [5.41, 5.74) is 4.75. The molecule has 0 aromatic heterocycles. The van der Waals surface area contributed by atoms with Gasteiger partial charge in [0.2, 0.25) is 0 Å². The quantitative estimate of drug-likeness (QED) is 0.542. The SMILES string of the molecule is CC(O)(CN)CCCOC1CCCCCC1. The maximum atomic E-state index is 9.72. The minimum Gasteiger partial charge on any atom is -0.389 e. The summed E-state index contributed by atoms with van der Waals surface area (Å²) in [7, 11) is 0. The van der Waals surface area contributed by atoms with Crippen molar-refractivity contribution in [3.05, 3.63) is 0 Å². The first kappa shape index (κ1) is 13.9. The van der Waals surface area contributed by atoms with Crippen LogP contribution in [0, 0.1) is 0 Å². The summed E-state index contributed by atoms with van der Waals surface area (Å²) in [4.78, 5) is 0. The molecule has 1 saturated carbocycles. The maximum Gasteiger partial charge on any atom is 0.0742 e. The van der Waals surface area contributed by atoms with Gasteiger partial charge < -0.3 is 15.6 Å². The molecular weight excluding hydrogens is 202 g/mol. The summed E-state index contributed by atoms with van der Waals surface area (Å²) in [5, 5.41) is 9.72. The molecule has 0 saturated heterocycles. The third-order valence-electron chi connectivity index (χ3n) is 3.46.